The summed E-state index contributed by atoms with van der Waals surface area (Å²) >= 11 is 0. The number of ether oxygens (including phenoxy) is 2. The Labute approximate surface area is 149 Å². The molecule has 140 valence electrons. The summed E-state index contributed by atoms with van der Waals surface area (Å²) in [5, 5.41) is 2.78. The molecule has 0 spiro atoms. The van der Waals surface area contributed by atoms with E-state index in [1.165, 1.54) is 4.31 Å². The van der Waals surface area contributed by atoms with E-state index < -0.39 is 16.1 Å². The van der Waals surface area contributed by atoms with Gasteiger partial charge in [0, 0.05) is 13.2 Å². The summed E-state index contributed by atoms with van der Waals surface area (Å²) in [7, 11) is -3.49. The van der Waals surface area contributed by atoms with E-state index in [9.17, 15) is 13.2 Å². The zero-order valence-electron chi connectivity index (χ0n) is 14.9. The van der Waals surface area contributed by atoms with Crippen molar-refractivity contribution in [1.82, 2.24) is 5.32 Å². The molecule has 0 saturated heterocycles. The second-order valence-electron chi connectivity index (χ2n) is 6.07. The number of sulfonamides is 1. The largest absolute Gasteiger partial charge is 0.476 e. The molecule has 7 nitrogen and oxygen atoms in total. The molecule has 1 aliphatic heterocycles. The lowest BCUT2D eigenvalue weighted by Gasteiger charge is -2.34. The van der Waals surface area contributed by atoms with Crippen LogP contribution in [0.3, 0.4) is 0 Å². The lowest BCUT2D eigenvalue weighted by atomic mass is 10.2. The van der Waals surface area contributed by atoms with Gasteiger partial charge in [-0.25, -0.2) is 8.42 Å². The van der Waals surface area contributed by atoms with Gasteiger partial charge in [0.15, 0.2) is 6.10 Å². The number of hydrogen-bond donors (Lipinski definition) is 1. The lowest BCUT2D eigenvalue weighted by Crippen LogP contribution is -2.51. The van der Waals surface area contributed by atoms with Crippen LogP contribution in [0.15, 0.2) is 24.3 Å². The summed E-state index contributed by atoms with van der Waals surface area (Å²) in [6, 6.07) is 6.85. The van der Waals surface area contributed by atoms with Gasteiger partial charge in [-0.15, -0.1) is 0 Å². The summed E-state index contributed by atoms with van der Waals surface area (Å²) in [5.74, 6) is 0.0341. The molecule has 0 fully saturated rings. The van der Waals surface area contributed by atoms with Gasteiger partial charge < -0.3 is 14.8 Å². The van der Waals surface area contributed by atoms with Crippen LogP contribution >= 0.6 is 0 Å². The monoisotopic (exact) mass is 370 g/mol. The van der Waals surface area contributed by atoms with Gasteiger partial charge in [-0.3, -0.25) is 9.10 Å². The Balaban J connectivity index is 2.02. The number of carbonyl (C=O) groups excluding carboxylic acids is 1. The number of anilines is 1. The van der Waals surface area contributed by atoms with Crippen LogP contribution in [0.1, 0.15) is 27.2 Å². The second kappa shape index (κ2) is 8.53. The maximum atomic E-state index is 12.4. The number of amides is 1. The van der Waals surface area contributed by atoms with Gasteiger partial charge in [-0.05, 0) is 39.3 Å². The Kier molecular flexibility index (Phi) is 6.66. The number of rotatable bonds is 8. The zero-order chi connectivity index (χ0) is 18.4. The Morgan fingerprint density at radius 3 is 2.80 bits per heavy atom. The number of para-hydroxylation sites is 2. The van der Waals surface area contributed by atoms with Crippen LogP contribution in [0, 0.1) is 0 Å². The van der Waals surface area contributed by atoms with E-state index in [1.807, 2.05) is 13.8 Å². The minimum atomic E-state index is -3.49. The minimum absolute atomic E-state index is 0.0263. The first-order chi connectivity index (χ1) is 11.8. The predicted octanol–water partition coefficient (Wildman–Crippen LogP) is 1.54. The molecule has 1 aromatic carbocycles. The van der Waals surface area contributed by atoms with E-state index in [0.717, 1.165) is 0 Å². The van der Waals surface area contributed by atoms with Crippen molar-refractivity contribution in [2.24, 2.45) is 0 Å². The van der Waals surface area contributed by atoms with Crippen molar-refractivity contribution in [1.29, 1.82) is 0 Å². The number of nitrogens with zero attached hydrogens (tertiary/aromatic N) is 1. The van der Waals surface area contributed by atoms with Gasteiger partial charge in [0.2, 0.25) is 10.0 Å². The highest BCUT2D eigenvalue weighted by Gasteiger charge is 2.35. The highest BCUT2D eigenvalue weighted by molar-refractivity contribution is 7.92. The fourth-order valence-electron chi connectivity index (χ4n) is 2.47. The molecule has 1 amide bonds. The van der Waals surface area contributed by atoms with E-state index in [-0.39, 0.29) is 24.3 Å². The molecule has 0 aromatic heterocycles. The maximum Gasteiger partial charge on any atom is 0.263 e. The standard InChI is InChI=1S/C17H26N2O5S/c1-4-25(21,22)19-12-16(24-15-9-6-5-8-14(15)19)17(20)18-10-7-11-23-13(2)3/h5-6,8-9,13,16H,4,7,10-12H2,1-3H3,(H,18,20)/t16-/m1/s1. The number of benzene rings is 1. The zero-order valence-corrected chi connectivity index (χ0v) is 15.7. The third-order valence-electron chi connectivity index (χ3n) is 3.80. The van der Waals surface area contributed by atoms with E-state index in [2.05, 4.69) is 5.32 Å². The first-order valence-corrected chi connectivity index (χ1v) is 10.1. The van der Waals surface area contributed by atoms with E-state index in [4.69, 9.17) is 9.47 Å². The predicted molar refractivity (Wildman–Crippen MR) is 96.4 cm³/mol. The van der Waals surface area contributed by atoms with Gasteiger partial charge in [0.25, 0.3) is 5.91 Å². The first-order valence-electron chi connectivity index (χ1n) is 8.50. The molecule has 8 heteroatoms. The van der Waals surface area contributed by atoms with Gasteiger partial charge in [0.1, 0.15) is 5.75 Å². The summed E-state index contributed by atoms with van der Waals surface area (Å²) in [6.07, 6.45) is -0.0339. The summed E-state index contributed by atoms with van der Waals surface area (Å²) < 4.78 is 37.1. The summed E-state index contributed by atoms with van der Waals surface area (Å²) in [5.41, 5.74) is 0.471. The minimum Gasteiger partial charge on any atom is -0.476 e. The molecule has 0 aliphatic carbocycles. The molecule has 0 unspecified atom stereocenters. The van der Waals surface area contributed by atoms with Crippen molar-refractivity contribution in [3.8, 4) is 5.75 Å². The first kappa shape index (κ1) is 19.5. The number of hydrogen-bond acceptors (Lipinski definition) is 5. The van der Waals surface area contributed by atoms with E-state index in [1.54, 1.807) is 31.2 Å². The molecule has 1 aliphatic rings. The van der Waals surface area contributed by atoms with Crippen LogP contribution in [0.5, 0.6) is 5.75 Å². The number of nitrogens with one attached hydrogen (secondary N) is 1. The summed E-state index contributed by atoms with van der Waals surface area (Å²) in [6.45, 7) is 6.47. The SMILES string of the molecule is CCS(=O)(=O)N1C[C@H](C(=O)NCCCOC(C)C)Oc2ccccc21. The highest BCUT2D eigenvalue weighted by Crippen LogP contribution is 2.34. The molecule has 1 atom stereocenters. The van der Waals surface area contributed by atoms with Crippen molar-refractivity contribution in [3.63, 3.8) is 0 Å². The molecular formula is C17H26N2O5S. The molecule has 1 heterocycles. The van der Waals surface area contributed by atoms with Crippen molar-refractivity contribution >= 4 is 21.6 Å². The van der Waals surface area contributed by atoms with Crippen molar-refractivity contribution < 1.29 is 22.7 Å². The van der Waals surface area contributed by atoms with Crippen LogP contribution in [-0.4, -0.2) is 52.0 Å². The third kappa shape index (κ3) is 5.09. The molecule has 2 rings (SSSR count). The van der Waals surface area contributed by atoms with Crippen molar-refractivity contribution in [2.45, 2.75) is 39.4 Å². The topological polar surface area (TPSA) is 84.9 Å². The van der Waals surface area contributed by atoms with Gasteiger partial charge in [-0.2, -0.15) is 0 Å². The van der Waals surface area contributed by atoms with Crippen molar-refractivity contribution in [2.75, 3.05) is 29.8 Å². The molecule has 1 N–H and O–H groups in total. The third-order valence-corrected chi connectivity index (χ3v) is 5.55. The fourth-order valence-corrected chi connectivity index (χ4v) is 3.60. The van der Waals surface area contributed by atoms with Gasteiger partial charge in [0.05, 0.1) is 24.1 Å². The number of fused-ring (bicyclic) bond motifs is 1. The summed E-state index contributed by atoms with van der Waals surface area (Å²) in [4.78, 5) is 12.4. The average Bonchev–Trinajstić information content (AvgIpc) is 2.59. The fraction of sp³-hybridized carbons (Fsp3) is 0.588. The highest BCUT2D eigenvalue weighted by atomic mass is 32.2. The Morgan fingerprint density at radius 2 is 2.12 bits per heavy atom. The maximum absolute atomic E-state index is 12.4. The van der Waals surface area contributed by atoms with E-state index >= 15 is 0 Å². The van der Waals surface area contributed by atoms with E-state index in [0.29, 0.717) is 31.0 Å². The van der Waals surface area contributed by atoms with Gasteiger partial charge in [-0.1, -0.05) is 12.1 Å². The molecule has 0 saturated carbocycles. The van der Waals surface area contributed by atoms with Crippen LogP contribution in [0.4, 0.5) is 5.69 Å². The number of carbonyl (C=O) groups is 1. The Hall–Kier alpha value is -1.80. The van der Waals surface area contributed by atoms with Crippen LogP contribution in [0.2, 0.25) is 0 Å². The van der Waals surface area contributed by atoms with Crippen LogP contribution in [-0.2, 0) is 19.6 Å². The molecule has 0 bridgehead atoms. The smallest absolute Gasteiger partial charge is 0.263 e. The molecule has 0 radical (unpaired) electrons. The molecular weight excluding hydrogens is 344 g/mol. The Bertz CT molecular complexity index is 690. The van der Waals surface area contributed by atoms with Crippen LogP contribution < -0.4 is 14.4 Å². The second-order valence-corrected chi connectivity index (χ2v) is 8.25. The quantitative estimate of drug-likeness (QED) is 0.702. The van der Waals surface area contributed by atoms with Gasteiger partial charge >= 0.3 is 0 Å². The van der Waals surface area contributed by atoms with Crippen molar-refractivity contribution in [3.05, 3.63) is 24.3 Å². The Morgan fingerprint density at radius 1 is 1.40 bits per heavy atom. The van der Waals surface area contributed by atoms with Crippen LogP contribution in [0.25, 0.3) is 0 Å². The lowest BCUT2D eigenvalue weighted by molar-refractivity contribution is -0.127. The average molecular weight is 370 g/mol. The normalized spacial score (nSPS) is 17.1. The molecule has 1 aromatic rings. The molecule has 25 heavy (non-hydrogen) atoms.